The lowest BCUT2D eigenvalue weighted by Gasteiger charge is -2.14. The largest absolute Gasteiger partial charge is 0.494 e. The van der Waals surface area contributed by atoms with E-state index in [4.69, 9.17) is 4.74 Å². The van der Waals surface area contributed by atoms with Crippen LogP contribution >= 0.6 is 0 Å². The van der Waals surface area contributed by atoms with Crippen molar-refractivity contribution in [3.05, 3.63) is 65.2 Å². The Morgan fingerprint density at radius 2 is 2.08 bits per heavy atom. The molecule has 26 heavy (non-hydrogen) atoms. The molecule has 1 aliphatic carbocycles. The predicted molar refractivity (Wildman–Crippen MR) is 94.9 cm³/mol. The molecule has 134 valence electrons. The number of nitrogens with one attached hydrogen (secondary N) is 1. The van der Waals surface area contributed by atoms with Gasteiger partial charge in [-0.1, -0.05) is 24.3 Å². The van der Waals surface area contributed by atoms with Crippen LogP contribution in [-0.2, 0) is 12.8 Å². The highest BCUT2D eigenvalue weighted by Crippen LogP contribution is 2.36. The molecule has 0 saturated heterocycles. The second-order valence-electron chi connectivity index (χ2n) is 6.29. The molecule has 1 heterocycles. The molecular weight excluding hydrogens is 333 g/mol. The van der Waals surface area contributed by atoms with E-state index in [2.05, 4.69) is 20.8 Å². The standard InChI is InChI=1S/C19H20FN5O/c1-26-17-10-8-14-15(19(17)20)7-9-16(14)21-12-11-18-22-23-24-25(18)13-5-3-2-4-6-13/h2-6,8,10,16,21H,7,9,11-12H2,1H3. The van der Waals surface area contributed by atoms with Crippen molar-refractivity contribution in [1.82, 2.24) is 25.5 Å². The summed E-state index contributed by atoms with van der Waals surface area (Å²) in [4.78, 5) is 0. The van der Waals surface area contributed by atoms with Gasteiger partial charge >= 0.3 is 0 Å². The van der Waals surface area contributed by atoms with Crippen molar-refractivity contribution in [2.24, 2.45) is 0 Å². The Balaban J connectivity index is 1.42. The molecule has 1 N–H and O–H groups in total. The van der Waals surface area contributed by atoms with Gasteiger partial charge in [-0.2, -0.15) is 4.68 Å². The summed E-state index contributed by atoms with van der Waals surface area (Å²) in [7, 11) is 1.49. The number of ether oxygens (including phenoxy) is 1. The van der Waals surface area contributed by atoms with Gasteiger partial charge in [-0.15, -0.1) is 5.10 Å². The molecule has 1 aromatic heterocycles. The minimum atomic E-state index is -0.234. The van der Waals surface area contributed by atoms with Crippen LogP contribution in [0.15, 0.2) is 42.5 Å². The third-order valence-corrected chi connectivity index (χ3v) is 4.80. The molecule has 1 aliphatic rings. The van der Waals surface area contributed by atoms with Crippen molar-refractivity contribution >= 4 is 0 Å². The van der Waals surface area contributed by atoms with Gasteiger partial charge in [-0.3, -0.25) is 0 Å². The zero-order valence-corrected chi connectivity index (χ0v) is 14.5. The lowest BCUT2D eigenvalue weighted by Crippen LogP contribution is -2.23. The highest BCUT2D eigenvalue weighted by atomic mass is 19.1. The van der Waals surface area contributed by atoms with Gasteiger partial charge in [0.15, 0.2) is 17.4 Å². The summed E-state index contributed by atoms with van der Waals surface area (Å²) in [5, 5.41) is 15.5. The number of para-hydroxylation sites is 1. The van der Waals surface area contributed by atoms with Gasteiger partial charge in [0.05, 0.1) is 12.8 Å². The van der Waals surface area contributed by atoms with E-state index in [9.17, 15) is 4.39 Å². The molecule has 0 amide bonds. The zero-order valence-electron chi connectivity index (χ0n) is 14.5. The summed E-state index contributed by atoms with van der Waals surface area (Å²) in [6, 6.07) is 13.6. The molecule has 7 heteroatoms. The molecule has 0 spiro atoms. The summed E-state index contributed by atoms with van der Waals surface area (Å²) in [6.07, 6.45) is 2.28. The monoisotopic (exact) mass is 353 g/mol. The number of aromatic nitrogens is 4. The van der Waals surface area contributed by atoms with E-state index < -0.39 is 0 Å². The van der Waals surface area contributed by atoms with Crippen LogP contribution in [0, 0.1) is 5.82 Å². The summed E-state index contributed by atoms with van der Waals surface area (Å²) in [6.45, 7) is 0.713. The van der Waals surface area contributed by atoms with Crippen LogP contribution in [0.5, 0.6) is 5.75 Å². The van der Waals surface area contributed by atoms with Gasteiger partial charge in [0.2, 0.25) is 0 Å². The number of tetrazole rings is 1. The fourth-order valence-electron chi connectivity index (χ4n) is 3.50. The van der Waals surface area contributed by atoms with E-state index >= 15 is 0 Å². The van der Waals surface area contributed by atoms with Crippen LogP contribution in [0.3, 0.4) is 0 Å². The Morgan fingerprint density at radius 1 is 1.23 bits per heavy atom. The average Bonchev–Trinajstić information content (AvgIpc) is 3.31. The topological polar surface area (TPSA) is 64.9 Å². The van der Waals surface area contributed by atoms with Crippen molar-refractivity contribution in [1.29, 1.82) is 0 Å². The van der Waals surface area contributed by atoms with Crippen LogP contribution < -0.4 is 10.1 Å². The second-order valence-corrected chi connectivity index (χ2v) is 6.29. The maximum atomic E-state index is 14.4. The molecule has 3 aromatic rings. The molecular formula is C19H20FN5O. The van der Waals surface area contributed by atoms with Crippen molar-refractivity contribution < 1.29 is 9.13 Å². The molecule has 0 fully saturated rings. The van der Waals surface area contributed by atoms with Gasteiger partial charge in [0.1, 0.15) is 0 Å². The van der Waals surface area contributed by atoms with E-state index in [-0.39, 0.29) is 11.9 Å². The number of rotatable bonds is 6. The number of methoxy groups -OCH3 is 1. The first-order valence-corrected chi connectivity index (χ1v) is 8.69. The van der Waals surface area contributed by atoms with Crippen LogP contribution in [0.2, 0.25) is 0 Å². The lowest BCUT2D eigenvalue weighted by atomic mass is 10.1. The fraction of sp³-hybridized carbons (Fsp3) is 0.316. The van der Waals surface area contributed by atoms with Crippen LogP contribution in [0.25, 0.3) is 5.69 Å². The van der Waals surface area contributed by atoms with Gasteiger partial charge in [0.25, 0.3) is 0 Å². The van der Waals surface area contributed by atoms with Crippen molar-refractivity contribution in [3.8, 4) is 11.4 Å². The van der Waals surface area contributed by atoms with Gasteiger partial charge in [-0.25, -0.2) is 4.39 Å². The Labute approximate surface area is 151 Å². The maximum absolute atomic E-state index is 14.4. The number of benzene rings is 2. The van der Waals surface area contributed by atoms with E-state index in [0.29, 0.717) is 18.7 Å². The zero-order chi connectivity index (χ0) is 17.9. The summed E-state index contributed by atoms with van der Waals surface area (Å²) in [5.41, 5.74) is 2.72. The first kappa shape index (κ1) is 16.7. The van der Waals surface area contributed by atoms with Crippen molar-refractivity contribution in [2.45, 2.75) is 25.3 Å². The van der Waals surface area contributed by atoms with Crippen LogP contribution in [0.1, 0.15) is 29.4 Å². The average molecular weight is 353 g/mol. The normalized spacial score (nSPS) is 15.8. The lowest BCUT2D eigenvalue weighted by molar-refractivity contribution is 0.384. The highest BCUT2D eigenvalue weighted by molar-refractivity contribution is 5.42. The molecule has 0 bridgehead atoms. The Kier molecular flexibility index (Phi) is 4.62. The maximum Gasteiger partial charge on any atom is 0.168 e. The summed E-state index contributed by atoms with van der Waals surface area (Å²) >= 11 is 0. The molecule has 4 rings (SSSR count). The van der Waals surface area contributed by atoms with E-state index in [1.54, 1.807) is 10.7 Å². The van der Waals surface area contributed by atoms with Gasteiger partial charge < -0.3 is 10.1 Å². The second kappa shape index (κ2) is 7.21. The van der Waals surface area contributed by atoms with Gasteiger partial charge in [0, 0.05) is 19.0 Å². The molecule has 0 aliphatic heterocycles. The summed E-state index contributed by atoms with van der Waals surface area (Å²) < 4.78 is 21.2. The highest BCUT2D eigenvalue weighted by Gasteiger charge is 2.26. The third kappa shape index (κ3) is 3.06. The predicted octanol–water partition coefficient (Wildman–Crippen LogP) is 2.63. The van der Waals surface area contributed by atoms with Gasteiger partial charge in [-0.05, 0) is 52.6 Å². The van der Waals surface area contributed by atoms with Crippen molar-refractivity contribution in [2.75, 3.05) is 13.7 Å². The van der Waals surface area contributed by atoms with Crippen LogP contribution in [0.4, 0.5) is 4.39 Å². The van der Waals surface area contributed by atoms with E-state index in [1.807, 2.05) is 36.4 Å². The SMILES string of the molecule is COc1ccc2c(c1F)CCC2NCCc1nnnn1-c1ccccc1. The third-order valence-electron chi connectivity index (χ3n) is 4.80. The van der Waals surface area contributed by atoms with Crippen molar-refractivity contribution in [3.63, 3.8) is 0 Å². The molecule has 2 aromatic carbocycles. The minimum Gasteiger partial charge on any atom is -0.494 e. The number of fused-ring (bicyclic) bond motifs is 1. The molecule has 6 nitrogen and oxygen atoms in total. The number of nitrogens with zero attached hydrogens (tertiary/aromatic N) is 4. The Bertz CT molecular complexity index is 896. The Morgan fingerprint density at radius 3 is 2.88 bits per heavy atom. The quantitative estimate of drug-likeness (QED) is 0.738. The number of halogens is 1. The Hall–Kier alpha value is -2.80. The van der Waals surface area contributed by atoms with E-state index in [1.165, 1.54) is 7.11 Å². The molecule has 1 atom stereocenters. The summed E-state index contributed by atoms with van der Waals surface area (Å²) in [5.74, 6) is 0.872. The fourth-order valence-corrected chi connectivity index (χ4v) is 3.50. The van der Waals surface area contributed by atoms with Crippen LogP contribution in [-0.4, -0.2) is 33.9 Å². The first-order valence-electron chi connectivity index (χ1n) is 8.69. The minimum absolute atomic E-state index is 0.145. The molecule has 0 saturated carbocycles. The number of hydrogen-bond acceptors (Lipinski definition) is 5. The molecule has 1 unspecified atom stereocenters. The first-order chi connectivity index (χ1) is 12.8. The van der Waals surface area contributed by atoms with E-state index in [0.717, 1.165) is 35.5 Å². The number of hydrogen-bond donors (Lipinski definition) is 1. The smallest absolute Gasteiger partial charge is 0.168 e. The molecule has 0 radical (unpaired) electrons.